The number of thiocarbonyl (C=S) groups is 1. The molecule has 8 nitrogen and oxygen atoms in total. The maximum absolute atomic E-state index is 13.0. The molecule has 0 spiro atoms. The molecule has 1 aliphatic rings. The molecule has 200 valence electrons. The molecule has 2 aromatic heterocycles. The van der Waals surface area contributed by atoms with Gasteiger partial charge < -0.3 is 18.7 Å². The molecule has 3 heterocycles. The van der Waals surface area contributed by atoms with E-state index in [0.29, 0.717) is 27.5 Å². The summed E-state index contributed by atoms with van der Waals surface area (Å²) in [6, 6.07) is 0.0551. The highest BCUT2D eigenvalue weighted by Crippen LogP contribution is 2.38. The van der Waals surface area contributed by atoms with E-state index in [1.165, 1.54) is 18.0 Å². The second-order valence-corrected chi connectivity index (χ2v) is 18.2. The number of aliphatic hydroxyl groups excluding tert-OH is 1. The predicted octanol–water partition coefficient (Wildman–Crippen LogP) is 5.07. The molecule has 1 saturated heterocycles. The van der Waals surface area contributed by atoms with Crippen molar-refractivity contribution in [2.45, 2.75) is 90.8 Å². The van der Waals surface area contributed by atoms with Crippen LogP contribution >= 0.6 is 24.0 Å². The van der Waals surface area contributed by atoms with Gasteiger partial charge in [0.2, 0.25) is 11.8 Å². The van der Waals surface area contributed by atoms with Gasteiger partial charge in [-0.2, -0.15) is 0 Å². The van der Waals surface area contributed by atoms with Crippen LogP contribution in [0.15, 0.2) is 15.1 Å². The predicted molar refractivity (Wildman–Crippen MR) is 149 cm³/mol. The molecule has 36 heavy (non-hydrogen) atoms. The van der Waals surface area contributed by atoms with Crippen molar-refractivity contribution < 1.29 is 23.5 Å². The number of hydrogen-bond acceptors (Lipinski definition) is 9. The van der Waals surface area contributed by atoms with Crippen molar-refractivity contribution in [3.63, 3.8) is 0 Å². The third kappa shape index (κ3) is 5.96. The van der Waals surface area contributed by atoms with Gasteiger partial charge in [-0.3, -0.25) is 9.69 Å². The molecular formula is C25H39N3O5S2Si. The largest absolute Gasteiger partial charge is 0.450 e. The number of thioether (sulfide) groups is 1. The normalized spacial score (nSPS) is 18.8. The summed E-state index contributed by atoms with van der Waals surface area (Å²) in [5, 5.41) is 11.7. The number of aryl methyl sites for hydroxylation is 1. The average Bonchev–Trinajstić information content (AvgIpc) is 3.49. The van der Waals surface area contributed by atoms with Crippen LogP contribution in [0.4, 0.5) is 0 Å². The maximum Gasteiger partial charge on any atom is 0.248 e. The first-order chi connectivity index (χ1) is 16.7. The fraction of sp³-hybridized carbons (Fsp3) is 0.680. The Morgan fingerprint density at radius 3 is 2.61 bits per heavy atom. The number of rotatable bonds is 9. The number of nitrogens with zero attached hydrogens (tertiary/aromatic N) is 3. The number of hydrogen-bond donors (Lipinski definition) is 1. The first kappa shape index (κ1) is 29.0. The molecular weight excluding hydrogens is 515 g/mol. The summed E-state index contributed by atoms with van der Waals surface area (Å²) in [4.78, 5) is 23.9. The molecule has 3 rings (SSSR count). The van der Waals surface area contributed by atoms with E-state index in [1.807, 2.05) is 6.92 Å². The van der Waals surface area contributed by atoms with Crippen LogP contribution < -0.4 is 5.38 Å². The lowest BCUT2D eigenvalue weighted by atomic mass is 10.0. The van der Waals surface area contributed by atoms with E-state index in [1.54, 1.807) is 12.0 Å². The Morgan fingerprint density at radius 2 is 2.03 bits per heavy atom. The highest BCUT2D eigenvalue weighted by molar-refractivity contribution is 8.23. The molecule has 2 aromatic rings. The van der Waals surface area contributed by atoms with Crippen LogP contribution in [0, 0.1) is 12.8 Å². The van der Waals surface area contributed by atoms with Gasteiger partial charge in [-0.25, -0.2) is 9.97 Å². The number of carbonyl (C=O) groups excluding carboxylic acids is 1. The molecule has 1 fully saturated rings. The number of amides is 1. The Hall–Kier alpha value is -1.53. The molecule has 1 aliphatic heterocycles. The molecule has 3 atom stereocenters. The maximum atomic E-state index is 13.0. The molecule has 11 heteroatoms. The summed E-state index contributed by atoms with van der Waals surface area (Å²) in [5.74, 6) is 1.85. The standard InChI is InChI=1S/C25H39N3O5S2Si/c1-14(2)18-13-35-24(34)28(18)20(30)11-16(29)10-19(31-7)17-12-32-22(27-17)21-23(33-15(3)26-21)36(8,9)25(4,5)6/h12,14,16,18-19,29H,10-11,13H2,1-9H3/t16-,18+,19+/m0/s1. The first-order valence-corrected chi connectivity index (χ1v) is 16.7. The Kier molecular flexibility index (Phi) is 8.92. The van der Waals surface area contributed by atoms with Gasteiger partial charge in [0, 0.05) is 32.2 Å². The number of carbonyl (C=O) groups is 1. The second kappa shape index (κ2) is 11.1. The minimum atomic E-state index is -2.05. The summed E-state index contributed by atoms with van der Waals surface area (Å²) in [6.07, 6.45) is 0.225. The minimum Gasteiger partial charge on any atom is -0.450 e. The van der Waals surface area contributed by atoms with Crippen LogP contribution in [0.5, 0.6) is 0 Å². The quantitative estimate of drug-likeness (QED) is 0.337. The van der Waals surface area contributed by atoms with Gasteiger partial charge in [-0.05, 0) is 11.0 Å². The molecule has 0 saturated carbocycles. The topological polar surface area (TPSA) is 102 Å². The van der Waals surface area contributed by atoms with E-state index < -0.39 is 20.3 Å². The van der Waals surface area contributed by atoms with Crippen LogP contribution in [-0.2, 0) is 9.53 Å². The van der Waals surface area contributed by atoms with Gasteiger partial charge in [-0.15, -0.1) is 0 Å². The third-order valence-electron chi connectivity index (χ3n) is 7.36. The smallest absolute Gasteiger partial charge is 0.248 e. The van der Waals surface area contributed by atoms with Crippen LogP contribution in [0.2, 0.25) is 18.1 Å². The summed E-state index contributed by atoms with van der Waals surface area (Å²) in [6.45, 7) is 17.1. The molecule has 0 radical (unpaired) electrons. The van der Waals surface area contributed by atoms with Crippen molar-refractivity contribution >= 4 is 47.7 Å². The fourth-order valence-electron chi connectivity index (χ4n) is 4.06. The second-order valence-electron chi connectivity index (χ2n) is 11.3. The van der Waals surface area contributed by atoms with Crippen molar-refractivity contribution in [2.75, 3.05) is 12.9 Å². The highest BCUT2D eigenvalue weighted by Gasteiger charge is 2.43. The number of aliphatic hydroxyl groups is 1. The van der Waals surface area contributed by atoms with Crippen molar-refractivity contribution in [3.05, 3.63) is 17.8 Å². The van der Waals surface area contributed by atoms with E-state index in [9.17, 15) is 9.90 Å². The number of aromatic nitrogens is 2. The average molecular weight is 554 g/mol. The molecule has 0 aliphatic carbocycles. The molecule has 0 bridgehead atoms. The van der Waals surface area contributed by atoms with Crippen LogP contribution in [0.25, 0.3) is 11.6 Å². The SMILES string of the molecule is CO[C@H](C[C@H](O)CC(=O)N1C(=S)SC[C@@H]1C(C)C)c1coc(-c2nc(C)oc2[Si](C)(C)C(C)(C)C)n1. The fourth-order valence-corrected chi connectivity index (χ4v) is 7.56. The van der Waals surface area contributed by atoms with Crippen LogP contribution in [0.3, 0.4) is 0 Å². The third-order valence-corrected chi connectivity index (χ3v) is 14.1. The lowest BCUT2D eigenvalue weighted by Gasteiger charge is -2.34. The van der Waals surface area contributed by atoms with E-state index >= 15 is 0 Å². The Labute approximate surface area is 224 Å². The zero-order chi connectivity index (χ0) is 27.0. The number of oxazole rings is 2. The summed E-state index contributed by atoms with van der Waals surface area (Å²) < 4.78 is 18.1. The van der Waals surface area contributed by atoms with Gasteiger partial charge in [0.15, 0.2) is 11.6 Å². The van der Waals surface area contributed by atoms with Gasteiger partial charge in [0.25, 0.3) is 0 Å². The van der Waals surface area contributed by atoms with Crippen molar-refractivity contribution in [1.29, 1.82) is 0 Å². The summed E-state index contributed by atoms with van der Waals surface area (Å²) in [7, 11) is -0.494. The summed E-state index contributed by atoms with van der Waals surface area (Å²) in [5.41, 5.74) is 1.16. The zero-order valence-electron chi connectivity index (χ0n) is 22.7. The lowest BCUT2D eigenvalue weighted by Crippen LogP contribution is -2.49. The van der Waals surface area contributed by atoms with E-state index in [4.69, 9.17) is 25.8 Å². The van der Waals surface area contributed by atoms with Gasteiger partial charge in [-0.1, -0.05) is 71.7 Å². The van der Waals surface area contributed by atoms with Crippen LogP contribution in [0.1, 0.15) is 65.1 Å². The molecule has 1 N–H and O–H groups in total. The van der Waals surface area contributed by atoms with Crippen molar-refractivity contribution in [2.24, 2.45) is 5.92 Å². The van der Waals surface area contributed by atoms with Crippen molar-refractivity contribution in [3.8, 4) is 11.6 Å². The van der Waals surface area contributed by atoms with Crippen molar-refractivity contribution in [1.82, 2.24) is 14.9 Å². The lowest BCUT2D eigenvalue weighted by molar-refractivity contribution is -0.131. The van der Waals surface area contributed by atoms with E-state index in [2.05, 4.69) is 57.7 Å². The number of ether oxygens (including phenoxy) is 1. The first-order valence-electron chi connectivity index (χ1n) is 12.3. The minimum absolute atomic E-state index is 0.0352. The van der Waals surface area contributed by atoms with Gasteiger partial charge in [0.05, 0.1) is 12.5 Å². The monoisotopic (exact) mass is 553 g/mol. The Morgan fingerprint density at radius 1 is 1.36 bits per heavy atom. The van der Waals surface area contributed by atoms with Gasteiger partial charge >= 0.3 is 0 Å². The Balaban J connectivity index is 1.76. The number of methoxy groups -OCH3 is 1. The van der Waals surface area contributed by atoms with Crippen LogP contribution in [-0.4, -0.2) is 63.3 Å². The highest BCUT2D eigenvalue weighted by atomic mass is 32.2. The van der Waals surface area contributed by atoms with E-state index in [-0.39, 0.29) is 35.7 Å². The Bertz CT molecular complexity index is 1090. The van der Waals surface area contributed by atoms with E-state index in [0.717, 1.165) is 11.1 Å². The molecule has 0 unspecified atom stereocenters. The molecule has 0 aromatic carbocycles. The zero-order valence-corrected chi connectivity index (χ0v) is 25.4. The van der Waals surface area contributed by atoms with Gasteiger partial charge in [0.1, 0.15) is 35.8 Å². The molecule has 1 amide bonds. The summed E-state index contributed by atoms with van der Waals surface area (Å²) >= 11 is 6.91.